The predicted molar refractivity (Wildman–Crippen MR) is 63.7 cm³/mol. The van der Waals surface area contributed by atoms with Gasteiger partial charge in [-0.3, -0.25) is 4.90 Å². The third-order valence-electron chi connectivity index (χ3n) is 3.81. The molecule has 2 fully saturated rings. The fourth-order valence-corrected chi connectivity index (χ4v) is 2.56. The number of ether oxygens (including phenoxy) is 2. The van der Waals surface area contributed by atoms with Gasteiger partial charge in [0, 0.05) is 45.8 Å². The van der Waals surface area contributed by atoms with Gasteiger partial charge in [0.05, 0.1) is 6.61 Å². The van der Waals surface area contributed by atoms with Crippen LogP contribution in [0.4, 0.5) is 0 Å². The van der Waals surface area contributed by atoms with Crippen molar-refractivity contribution in [2.24, 2.45) is 0 Å². The van der Waals surface area contributed by atoms with Gasteiger partial charge in [0.2, 0.25) is 0 Å². The number of methoxy groups -OCH3 is 1. The van der Waals surface area contributed by atoms with E-state index >= 15 is 0 Å². The van der Waals surface area contributed by atoms with Gasteiger partial charge in [0.15, 0.2) is 0 Å². The minimum absolute atomic E-state index is 0.0480. The lowest BCUT2D eigenvalue weighted by atomic mass is 10.0. The minimum Gasteiger partial charge on any atom is -0.378 e. The number of nitrogens with one attached hydrogen (secondary N) is 1. The molecule has 2 unspecified atom stereocenters. The first-order valence-corrected chi connectivity index (χ1v) is 6.33. The van der Waals surface area contributed by atoms with E-state index in [1.54, 1.807) is 0 Å². The highest BCUT2D eigenvalue weighted by atomic mass is 16.5. The zero-order valence-electron chi connectivity index (χ0n) is 10.5. The lowest BCUT2D eigenvalue weighted by Gasteiger charge is -2.32. The van der Waals surface area contributed by atoms with E-state index in [0.717, 1.165) is 39.3 Å². The van der Waals surface area contributed by atoms with Crippen LogP contribution in [0.25, 0.3) is 0 Å². The summed E-state index contributed by atoms with van der Waals surface area (Å²) >= 11 is 0. The van der Waals surface area contributed by atoms with E-state index < -0.39 is 0 Å². The Kier molecular flexibility index (Phi) is 4.19. The molecule has 0 aromatic rings. The maximum atomic E-state index is 5.68. The van der Waals surface area contributed by atoms with Gasteiger partial charge < -0.3 is 14.8 Å². The lowest BCUT2D eigenvalue weighted by Crippen LogP contribution is -2.46. The van der Waals surface area contributed by atoms with Gasteiger partial charge in [-0.05, 0) is 19.9 Å². The van der Waals surface area contributed by atoms with Gasteiger partial charge in [0.1, 0.15) is 5.60 Å². The van der Waals surface area contributed by atoms with E-state index in [2.05, 4.69) is 17.1 Å². The van der Waals surface area contributed by atoms with Gasteiger partial charge in [0.25, 0.3) is 0 Å². The van der Waals surface area contributed by atoms with Crippen LogP contribution < -0.4 is 5.32 Å². The van der Waals surface area contributed by atoms with E-state index in [1.165, 1.54) is 13.0 Å². The van der Waals surface area contributed by atoms with Gasteiger partial charge in [-0.2, -0.15) is 0 Å². The Labute approximate surface area is 98.3 Å². The van der Waals surface area contributed by atoms with Crippen LogP contribution in [-0.4, -0.2) is 63.0 Å². The summed E-state index contributed by atoms with van der Waals surface area (Å²) in [5.74, 6) is 0. The van der Waals surface area contributed by atoms with Crippen LogP contribution in [0.3, 0.4) is 0 Å². The highest BCUT2D eigenvalue weighted by Crippen LogP contribution is 2.24. The number of hydrogen-bond donors (Lipinski definition) is 1. The molecular formula is C12H24N2O2. The van der Waals surface area contributed by atoms with E-state index in [1.807, 2.05) is 7.11 Å². The SMILES string of the molecule is COC1(CN2CCNC(C)CC2)CCOC1. The molecule has 0 amide bonds. The van der Waals surface area contributed by atoms with Crippen LogP contribution in [-0.2, 0) is 9.47 Å². The molecule has 2 aliphatic heterocycles. The molecule has 4 nitrogen and oxygen atoms in total. The molecule has 0 radical (unpaired) electrons. The Morgan fingerprint density at radius 1 is 1.50 bits per heavy atom. The summed E-state index contributed by atoms with van der Waals surface area (Å²) in [6.07, 6.45) is 2.25. The largest absolute Gasteiger partial charge is 0.378 e. The monoisotopic (exact) mass is 228 g/mol. The summed E-state index contributed by atoms with van der Waals surface area (Å²) in [4.78, 5) is 2.51. The molecule has 2 heterocycles. The van der Waals surface area contributed by atoms with Gasteiger partial charge in [-0.25, -0.2) is 0 Å². The molecular weight excluding hydrogens is 204 g/mol. The molecule has 94 valence electrons. The third kappa shape index (κ3) is 2.94. The molecule has 0 aromatic carbocycles. The topological polar surface area (TPSA) is 33.7 Å². The molecule has 2 atom stereocenters. The van der Waals surface area contributed by atoms with Crippen molar-refractivity contribution in [3.8, 4) is 0 Å². The standard InChI is InChI=1S/C12H24N2O2/c1-11-3-6-14(7-5-13-11)9-12(15-2)4-8-16-10-12/h11,13H,3-10H2,1-2H3. The van der Waals surface area contributed by atoms with Crippen molar-refractivity contribution in [2.75, 3.05) is 46.5 Å². The third-order valence-corrected chi connectivity index (χ3v) is 3.81. The highest BCUT2D eigenvalue weighted by Gasteiger charge is 2.36. The van der Waals surface area contributed by atoms with E-state index in [0.29, 0.717) is 6.04 Å². The second-order valence-electron chi connectivity index (χ2n) is 5.11. The van der Waals surface area contributed by atoms with Crippen molar-refractivity contribution in [1.29, 1.82) is 0 Å². The lowest BCUT2D eigenvalue weighted by molar-refractivity contribution is -0.0398. The van der Waals surface area contributed by atoms with Crippen molar-refractivity contribution >= 4 is 0 Å². The summed E-state index contributed by atoms with van der Waals surface area (Å²) in [5, 5.41) is 3.52. The van der Waals surface area contributed by atoms with Crippen LogP contribution in [0, 0.1) is 0 Å². The molecule has 1 N–H and O–H groups in total. The number of nitrogens with zero attached hydrogens (tertiary/aromatic N) is 1. The second kappa shape index (κ2) is 5.45. The summed E-state index contributed by atoms with van der Waals surface area (Å²) in [6, 6.07) is 0.642. The Morgan fingerprint density at radius 3 is 3.06 bits per heavy atom. The fraction of sp³-hybridized carbons (Fsp3) is 1.00. The van der Waals surface area contributed by atoms with Crippen LogP contribution >= 0.6 is 0 Å². The van der Waals surface area contributed by atoms with Crippen LogP contribution in [0.15, 0.2) is 0 Å². The highest BCUT2D eigenvalue weighted by molar-refractivity contribution is 4.89. The maximum Gasteiger partial charge on any atom is 0.106 e. The smallest absolute Gasteiger partial charge is 0.106 e. The van der Waals surface area contributed by atoms with Crippen molar-refractivity contribution in [2.45, 2.75) is 31.4 Å². The number of hydrogen-bond acceptors (Lipinski definition) is 4. The van der Waals surface area contributed by atoms with E-state index in [-0.39, 0.29) is 5.60 Å². The number of rotatable bonds is 3. The summed E-state index contributed by atoms with van der Waals surface area (Å²) in [6.45, 7) is 8.24. The average molecular weight is 228 g/mol. The van der Waals surface area contributed by atoms with Crippen LogP contribution in [0.1, 0.15) is 19.8 Å². The molecule has 2 saturated heterocycles. The van der Waals surface area contributed by atoms with Crippen molar-refractivity contribution in [3.05, 3.63) is 0 Å². The summed E-state index contributed by atoms with van der Waals surface area (Å²) < 4.78 is 11.2. The molecule has 0 bridgehead atoms. The average Bonchev–Trinajstić information content (AvgIpc) is 2.66. The Bertz CT molecular complexity index is 217. The normalized spacial score (nSPS) is 37.5. The quantitative estimate of drug-likeness (QED) is 0.761. The maximum absolute atomic E-state index is 5.68. The van der Waals surface area contributed by atoms with Gasteiger partial charge in [-0.1, -0.05) is 0 Å². The van der Waals surface area contributed by atoms with Crippen LogP contribution in [0.5, 0.6) is 0 Å². The summed E-state index contributed by atoms with van der Waals surface area (Å²) in [5.41, 5.74) is -0.0480. The van der Waals surface area contributed by atoms with Crippen molar-refractivity contribution in [3.63, 3.8) is 0 Å². The molecule has 2 aliphatic rings. The molecule has 0 aromatic heterocycles. The van der Waals surface area contributed by atoms with E-state index in [4.69, 9.17) is 9.47 Å². The van der Waals surface area contributed by atoms with Crippen molar-refractivity contribution < 1.29 is 9.47 Å². The molecule has 0 saturated carbocycles. The van der Waals surface area contributed by atoms with Gasteiger partial charge >= 0.3 is 0 Å². The molecule has 0 spiro atoms. The zero-order valence-corrected chi connectivity index (χ0v) is 10.5. The first-order valence-electron chi connectivity index (χ1n) is 6.33. The molecule has 2 rings (SSSR count). The molecule has 0 aliphatic carbocycles. The Hall–Kier alpha value is -0.160. The van der Waals surface area contributed by atoms with E-state index in [9.17, 15) is 0 Å². The molecule has 4 heteroatoms. The Morgan fingerprint density at radius 2 is 2.38 bits per heavy atom. The van der Waals surface area contributed by atoms with Crippen molar-refractivity contribution in [1.82, 2.24) is 10.2 Å². The summed E-state index contributed by atoms with van der Waals surface area (Å²) in [7, 11) is 1.81. The zero-order chi connectivity index (χ0) is 11.4. The van der Waals surface area contributed by atoms with Gasteiger partial charge in [-0.15, -0.1) is 0 Å². The molecule has 16 heavy (non-hydrogen) atoms. The fourth-order valence-electron chi connectivity index (χ4n) is 2.56. The predicted octanol–water partition coefficient (Wildman–Crippen LogP) is 0.476. The minimum atomic E-state index is -0.0480. The second-order valence-corrected chi connectivity index (χ2v) is 5.11. The van der Waals surface area contributed by atoms with Crippen LogP contribution in [0.2, 0.25) is 0 Å². The first kappa shape index (κ1) is 12.3. The Balaban J connectivity index is 1.87. The first-order chi connectivity index (χ1) is 7.74.